The number of aliphatic hydroxyl groups excluding tert-OH is 1. The van der Waals surface area contributed by atoms with Gasteiger partial charge < -0.3 is 9.84 Å². The summed E-state index contributed by atoms with van der Waals surface area (Å²) in [5.74, 6) is -0.285. The third kappa shape index (κ3) is 17.9. The number of hydrogen-bond acceptors (Lipinski definition) is 3. The maximum atomic E-state index is 11.6. The fourth-order valence-electron chi connectivity index (χ4n) is 5.08. The van der Waals surface area contributed by atoms with E-state index in [9.17, 15) is 9.90 Å². The number of ether oxygens (including phenoxy) is 1. The number of rotatable bonds is 25. The zero-order valence-electron chi connectivity index (χ0n) is 23.3. The minimum Gasteiger partial charge on any atom is -0.425 e. The van der Waals surface area contributed by atoms with Crippen molar-refractivity contribution in [2.75, 3.05) is 0 Å². The first-order valence-electron chi connectivity index (χ1n) is 15.5. The number of carbonyl (C=O) groups excluding carboxylic acids is 1. The van der Waals surface area contributed by atoms with E-state index in [1.807, 2.05) is 6.08 Å². The monoisotopic (exact) mass is 490 g/mol. The molecule has 1 N–H and O–H groups in total. The highest BCUT2D eigenvalue weighted by molar-refractivity contribution is 5.93. The van der Waals surface area contributed by atoms with Crippen molar-refractivity contribution in [3.05, 3.63) is 24.0 Å². The third-order valence-electron chi connectivity index (χ3n) is 7.48. The van der Waals surface area contributed by atoms with E-state index in [-0.39, 0.29) is 5.76 Å². The van der Waals surface area contributed by atoms with E-state index in [1.165, 1.54) is 148 Å². The summed E-state index contributed by atoms with van der Waals surface area (Å²) in [5, 5.41) is 9.80. The summed E-state index contributed by atoms with van der Waals surface area (Å²) in [5.41, 5.74) is 0.365. The molecule has 0 unspecified atom stereocenters. The molecule has 0 spiro atoms. The van der Waals surface area contributed by atoms with Crippen molar-refractivity contribution in [3.8, 4) is 0 Å². The molecule has 1 aliphatic rings. The minimum absolute atomic E-state index is 0.154. The average molecular weight is 491 g/mol. The van der Waals surface area contributed by atoms with E-state index in [0.29, 0.717) is 5.57 Å². The lowest BCUT2D eigenvalue weighted by Gasteiger charge is -2.04. The minimum atomic E-state index is -0.933. The molecule has 0 aromatic carbocycles. The zero-order chi connectivity index (χ0) is 25.4. The van der Waals surface area contributed by atoms with Crippen LogP contribution in [0.25, 0.3) is 0 Å². The number of allylic oxidation sites excluding steroid dienone is 1. The van der Waals surface area contributed by atoms with Crippen molar-refractivity contribution in [1.82, 2.24) is 0 Å². The summed E-state index contributed by atoms with van der Waals surface area (Å²) < 4.78 is 4.84. The van der Waals surface area contributed by atoms with Crippen molar-refractivity contribution in [1.29, 1.82) is 0 Å². The van der Waals surface area contributed by atoms with Crippen LogP contribution in [0.15, 0.2) is 24.0 Å². The molecule has 204 valence electrons. The maximum absolute atomic E-state index is 11.6. The average Bonchev–Trinajstić information content (AvgIpc) is 3.09. The van der Waals surface area contributed by atoms with Crippen molar-refractivity contribution in [2.45, 2.75) is 174 Å². The smallest absolute Gasteiger partial charge is 0.341 e. The molecule has 0 aromatic heterocycles. The summed E-state index contributed by atoms with van der Waals surface area (Å²) in [6.07, 6.45) is 35.2. The molecule has 1 atom stereocenters. The lowest BCUT2D eigenvalue weighted by Crippen LogP contribution is -2.07. The predicted molar refractivity (Wildman–Crippen MR) is 150 cm³/mol. The Kier molecular flexibility index (Phi) is 21.3. The molecule has 3 nitrogen and oxygen atoms in total. The first-order valence-corrected chi connectivity index (χ1v) is 15.5. The molecular weight excluding hydrogens is 432 g/mol. The molecule has 0 amide bonds. The van der Waals surface area contributed by atoms with Gasteiger partial charge in [-0.05, 0) is 12.8 Å². The number of unbranched alkanes of at least 4 members (excludes halogenated alkanes) is 24. The van der Waals surface area contributed by atoms with E-state index < -0.39 is 12.1 Å². The molecule has 0 saturated carbocycles. The Morgan fingerprint density at radius 1 is 0.629 bits per heavy atom. The largest absolute Gasteiger partial charge is 0.425 e. The van der Waals surface area contributed by atoms with Crippen LogP contribution in [0.5, 0.6) is 0 Å². The zero-order valence-corrected chi connectivity index (χ0v) is 23.3. The molecule has 0 aliphatic carbocycles. The van der Waals surface area contributed by atoms with Gasteiger partial charge in [0.15, 0.2) is 0 Å². The van der Waals surface area contributed by atoms with E-state index in [2.05, 4.69) is 13.5 Å². The van der Waals surface area contributed by atoms with Gasteiger partial charge >= 0.3 is 5.97 Å². The van der Waals surface area contributed by atoms with Crippen molar-refractivity contribution in [3.63, 3.8) is 0 Å². The molecule has 1 heterocycles. The van der Waals surface area contributed by atoms with Gasteiger partial charge in [0.1, 0.15) is 11.9 Å². The number of aliphatic hydroxyl groups is 1. The number of carbonyl (C=O) groups is 1. The highest BCUT2D eigenvalue weighted by Crippen LogP contribution is 2.24. The predicted octanol–water partition coefficient (Wildman–Crippen LogP) is 10.1. The first-order chi connectivity index (χ1) is 17.2. The Morgan fingerprint density at radius 3 is 1.23 bits per heavy atom. The molecule has 0 radical (unpaired) electrons. The van der Waals surface area contributed by atoms with Crippen LogP contribution in [0.1, 0.15) is 167 Å². The highest BCUT2D eigenvalue weighted by Gasteiger charge is 2.32. The van der Waals surface area contributed by atoms with Crippen LogP contribution in [0.3, 0.4) is 0 Å². The van der Waals surface area contributed by atoms with Crippen LogP contribution in [-0.2, 0) is 9.53 Å². The van der Waals surface area contributed by atoms with Gasteiger partial charge in [0.05, 0.1) is 5.57 Å². The molecule has 1 fully saturated rings. The second kappa shape index (κ2) is 23.3. The van der Waals surface area contributed by atoms with Gasteiger partial charge in [0.25, 0.3) is 0 Å². The van der Waals surface area contributed by atoms with Crippen LogP contribution >= 0.6 is 0 Å². The van der Waals surface area contributed by atoms with Crippen LogP contribution in [0.2, 0.25) is 0 Å². The van der Waals surface area contributed by atoms with Gasteiger partial charge in [-0.1, -0.05) is 167 Å². The molecule has 35 heavy (non-hydrogen) atoms. The Balaban J connectivity index is 1.71. The number of hydrogen-bond donors (Lipinski definition) is 1. The van der Waals surface area contributed by atoms with Crippen LogP contribution in [0, 0.1) is 0 Å². The normalized spacial score (nSPS) is 17.0. The van der Waals surface area contributed by atoms with Crippen molar-refractivity contribution >= 4 is 5.97 Å². The molecule has 1 rings (SSSR count). The molecule has 1 aliphatic heterocycles. The fourth-order valence-corrected chi connectivity index (χ4v) is 5.08. The second-order valence-electron chi connectivity index (χ2n) is 10.8. The fraction of sp³-hybridized carbons (Fsp3) is 0.844. The summed E-state index contributed by atoms with van der Waals surface area (Å²) >= 11 is 0. The molecular formula is C32H58O3. The molecule has 3 heteroatoms. The van der Waals surface area contributed by atoms with Crippen molar-refractivity contribution in [2.24, 2.45) is 0 Å². The third-order valence-corrected chi connectivity index (χ3v) is 7.48. The maximum Gasteiger partial charge on any atom is 0.341 e. The van der Waals surface area contributed by atoms with E-state index in [1.54, 1.807) is 0 Å². The van der Waals surface area contributed by atoms with Gasteiger partial charge in [-0.3, -0.25) is 0 Å². The summed E-state index contributed by atoms with van der Waals surface area (Å²) in [4.78, 5) is 11.6. The lowest BCUT2D eigenvalue weighted by molar-refractivity contribution is -0.132. The highest BCUT2D eigenvalue weighted by atomic mass is 16.6. The van der Waals surface area contributed by atoms with Crippen molar-refractivity contribution < 1.29 is 14.6 Å². The lowest BCUT2D eigenvalue weighted by atomic mass is 10.0. The number of cyclic esters (lactones) is 1. The Hall–Kier alpha value is -1.09. The quantitative estimate of drug-likeness (QED) is 0.0786. The first kappa shape index (κ1) is 31.9. The Morgan fingerprint density at radius 2 is 0.943 bits per heavy atom. The molecule has 0 aromatic rings. The molecule has 0 bridgehead atoms. The number of esters is 1. The van der Waals surface area contributed by atoms with Gasteiger partial charge in [-0.2, -0.15) is 0 Å². The topological polar surface area (TPSA) is 46.5 Å². The summed E-state index contributed by atoms with van der Waals surface area (Å²) in [6.45, 7) is 5.84. The second-order valence-corrected chi connectivity index (χ2v) is 10.8. The van der Waals surface area contributed by atoms with Crippen LogP contribution < -0.4 is 0 Å². The van der Waals surface area contributed by atoms with E-state index in [0.717, 1.165) is 12.8 Å². The SMILES string of the molecule is C=C1OC(=O)/C(=C/CCCCCCCCCCCCCCCCCCCCCCCCCC)[C@@H]1O. The van der Waals surface area contributed by atoms with E-state index in [4.69, 9.17) is 4.74 Å². The van der Waals surface area contributed by atoms with Crippen LogP contribution in [-0.4, -0.2) is 17.2 Å². The van der Waals surface area contributed by atoms with Gasteiger partial charge in [-0.25, -0.2) is 4.79 Å². The van der Waals surface area contributed by atoms with Gasteiger partial charge in [0.2, 0.25) is 0 Å². The van der Waals surface area contributed by atoms with Gasteiger partial charge in [-0.15, -0.1) is 0 Å². The summed E-state index contributed by atoms with van der Waals surface area (Å²) in [6, 6.07) is 0. The van der Waals surface area contributed by atoms with Gasteiger partial charge in [0, 0.05) is 0 Å². The Labute approximate surface area is 218 Å². The Bertz CT molecular complexity index is 551. The summed E-state index contributed by atoms with van der Waals surface area (Å²) in [7, 11) is 0. The molecule has 1 saturated heterocycles. The van der Waals surface area contributed by atoms with E-state index >= 15 is 0 Å². The van der Waals surface area contributed by atoms with Crippen LogP contribution in [0.4, 0.5) is 0 Å². The standard InChI is InChI=1S/C32H58O3/c1-3-4-5-6-7-8-9-10-11-12-13-14-15-16-17-18-19-20-21-22-23-24-25-26-27-28-30-31(33)29(2)35-32(30)34/h28,31,33H,2-27H2,1H3/b30-28+/t31-/m1/s1.